The van der Waals surface area contributed by atoms with E-state index in [1.54, 1.807) is 13.8 Å². The lowest BCUT2D eigenvalue weighted by Crippen LogP contribution is -2.34. The van der Waals surface area contributed by atoms with Crippen LogP contribution in [0.2, 0.25) is 0 Å². The van der Waals surface area contributed by atoms with E-state index in [0.717, 1.165) is 0 Å². The average molecular weight is 346 g/mol. The molecule has 0 bridgehead atoms. The highest BCUT2D eigenvalue weighted by atomic mass is 79.9. The third-order valence-electron chi connectivity index (χ3n) is 3.51. The van der Waals surface area contributed by atoms with Gasteiger partial charge >= 0.3 is 5.97 Å². The number of aliphatic carboxylic acids is 1. The molecule has 0 atom stereocenters. The summed E-state index contributed by atoms with van der Waals surface area (Å²) in [5.41, 5.74) is -0.640. The van der Waals surface area contributed by atoms with Gasteiger partial charge in [0.05, 0.1) is 11.1 Å². The molecule has 20 heavy (non-hydrogen) atoms. The Balaban J connectivity index is 2.83. The van der Waals surface area contributed by atoms with E-state index < -0.39 is 23.1 Å². The zero-order valence-electron chi connectivity index (χ0n) is 11.4. The van der Waals surface area contributed by atoms with E-state index in [9.17, 15) is 19.1 Å². The van der Waals surface area contributed by atoms with Gasteiger partial charge in [-0.15, -0.1) is 0 Å². The summed E-state index contributed by atoms with van der Waals surface area (Å²) in [5, 5.41) is 11.9. The predicted octanol–water partition coefficient (Wildman–Crippen LogP) is 3.81. The van der Waals surface area contributed by atoms with E-state index in [0.29, 0.717) is 23.0 Å². The van der Waals surface area contributed by atoms with E-state index in [-0.39, 0.29) is 6.42 Å². The average Bonchev–Trinajstić information content (AvgIpc) is 2.39. The predicted molar refractivity (Wildman–Crippen MR) is 78.0 cm³/mol. The summed E-state index contributed by atoms with van der Waals surface area (Å²) in [7, 11) is 0. The van der Waals surface area contributed by atoms with Crippen LogP contribution in [0.1, 0.15) is 33.1 Å². The molecular weight excluding hydrogens is 329 g/mol. The number of anilines is 1. The van der Waals surface area contributed by atoms with Gasteiger partial charge in [-0.2, -0.15) is 0 Å². The Morgan fingerprint density at radius 2 is 1.95 bits per heavy atom. The number of amides is 1. The fourth-order valence-electron chi connectivity index (χ4n) is 1.97. The van der Waals surface area contributed by atoms with Crippen molar-refractivity contribution >= 4 is 33.5 Å². The minimum absolute atomic E-state index is 0.112. The second-order valence-corrected chi connectivity index (χ2v) is 5.50. The van der Waals surface area contributed by atoms with Crippen molar-refractivity contribution in [1.29, 1.82) is 0 Å². The number of carbonyl (C=O) groups is 2. The molecule has 0 heterocycles. The van der Waals surface area contributed by atoms with Crippen molar-refractivity contribution in [3.05, 3.63) is 28.5 Å². The second kappa shape index (κ2) is 6.83. The lowest BCUT2D eigenvalue weighted by Gasteiger charge is -2.25. The summed E-state index contributed by atoms with van der Waals surface area (Å²) in [4.78, 5) is 23.3. The van der Waals surface area contributed by atoms with Gasteiger partial charge in [0.2, 0.25) is 5.91 Å². The SMILES string of the molecule is CCC(CC)(CC(=O)Nc1ccc(F)cc1Br)C(=O)O. The lowest BCUT2D eigenvalue weighted by atomic mass is 9.79. The number of halogens is 2. The number of carboxylic acid groups (broad SMARTS) is 1. The van der Waals surface area contributed by atoms with Crippen LogP contribution in [0.15, 0.2) is 22.7 Å². The van der Waals surface area contributed by atoms with Gasteiger partial charge in [-0.3, -0.25) is 9.59 Å². The first-order valence-electron chi connectivity index (χ1n) is 6.33. The number of hydrogen-bond donors (Lipinski definition) is 2. The Labute approximate surface area is 125 Å². The van der Waals surface area contributed by atoms with Crippen LogP contribution in [-0.4, -0.2) is 17.0 Å². The quantitative estimate of drug-likeness (QED) is 0.823. The van der Waals surface area contributed by atoms with Crippen LogP contribution in [-0.2, 0) is 9.59 Å². The molecule has 1 aromatic carbocycles. The first-order chi connectivity index (χ1) is 9.34. The maximum absolute atomic E-state index is 13.0. The van der Waals surface area contributed by atoms with Gasteiger partial charge in [-0.1, -0.05) is 13.8 Å². The Kier molecular flexibility index (Phi) is 5.68. The molecule has 0 radical (unpaired) electrons. The van der Waals surface area contributed by atoms with Crippen molar-refractivity contribution in [3.63, 3.8) is 0 Å². The highest BCUT2D eigenvalue weighted by Gasteiger charge is 2.37. The van der Waals surface area contributed by atoms with Crippen molar-refractivity contribution in [1.82, 2.24) is 0 Å². The van der Waals surface area contributed by atoms with E-state index in [4.69, 9.17) is 0 Å². The summed E-state index contributed by atoms with van der Waals surface area (Å²) in [6, 6.07) is 3.89. The first-order valence-corrected chi connectivity index (χ1v) is 7.12. The van der Waals surface area contributed by atoms with Gasteiger partial charge in [0.1, 0.15) is 5.82 Å². The number of benzene rings is 1. The topological polar surface area (TPSA) is 66.4 Å². The van der Waals surface area contributed by atoms with Gasteiger partial charge in [0.25, 0.3) is 0 Å². The zero-order chi connectivity index (χ0) is 15.3. The van der Waals surface area contributed by atoms with Crippen molar-refractivity contribution in [2.45, 2.75) is 33.1 Å². The third kappa shape index (κ3) is 3.79. The van der Waals surface area contributed by atoms with Crippen molar-refractivity contribution in [2.75, 3.05) is 5.32 Å². The van der Waals surface area contributed by atoms with E-state index in [2.05, 4.69) is 21.2 Å². The monoisotopic (exact) mass is 345 g/mol. The van der Waals surface area contributed by atoms with E-state index in [1.165, 1.54) is 18.2 Å². The van der Waals surface area contributed by atoms with Crippen LogP contribution in [0, 0.1) is 11.2 Å². The van der Waals surface area contributed by atoms with Crippen molar-refractivity contribution < 1.29 is 19.1 Å². The molecule has 0 aliphatic carbocycles. The van der Waals surface area contributed by atoms with E-state index in [1.807, 2.05) is 0 Å². The van der Waals surface area contributed by atoms with Gasteiger partial charge in [0.15, 0.2) is 0 Å². The smallest absolute Gasteiger partial charge is 0.310 e. The minimum Gasteiger partial charge on any atom is -0.481 e. The Morgan fingerprint density at radius 3 is 2.40 bits per heavy atom. The molecule has 0 unspecified atom stereocenters. The van der Waals surface area contributed by atoms with Gasteiger partial charge in [-0.05, 0) is 47.0 Å². The molecule has 1 rings (SSSR count). The molecular formula is C14H17BrFNO3. The molecule has 110 valence electrons. The summed E-state index contributed by atoms with van der Waals surface area (Å²) < 4.78 is 13.4. The lowest BCUT2D eigenvalue weighted by molar-refractivity contribution is -0.151. The summed E-state index contributed by atoms with van der Waals surface area (Å²) in [5.74, 6) is -1.80. The largest absolute Gasteiger partial charge is 0.481 e. The summed E-state index contributed by atoms with van der Waals surface area (Å²) in [6.07, 6.45) is 0.632. The molecule has 0 aliphatic heterocycles. The standard InChI is InChI=1S/C14H17BrFNO3/c1-3-14(4-2,13(19)20)8-12(18)17-11-6-5-9(16)7-10(11)15/h5-7H,3-4,8H2,1-2H3,(H,17,18)(H,19,20). The van der Waals surface area contributed by atoms with Crippen LogP contribution in [0.4, 0.5) is 10.1 Å². The van der Waals surface area contributed by atoms with Gasteiger partial charge in [0, 0.05) is 10.9 Å². The normalized spacial score (nSPS) is 11.2. The molecule has 0 spiro atoms. The van der Waals surface area contributed by atoms with E-state index >= 15 is 0 Å². The maximum atomic E-state index is 13.0. The third-order valence-corrected chi connectivity index (χ3v) is 4.17. The molecule has 1 amide bonds. The van der Waals surface area contributed by atoms with Crippen LogP contribution >= 0.6 is 15.9 Å². The highest BCUT2D eigenvalue weighted by molar-refractivity contribution is 9.10. The number of rotatable bonds is 6. The molecule has 6 heteroatoms. The highest BCUT2D eigenvalue weighted by Crippen LogP contribution is 2.32. The van der Waals surface area contributed by atoms with Gasteiger partial charge in [-0.25, -0.2) is 4.39 Å². The fraction of sp³-hybridized carbons (Fsp3) is 0.429. The first kappa shape index (κ1) is 16.6. The van der Waals surface area contributed by atoms with Crippen LogP contribution < -0.4 is 5.32 Å². The maximum Gasteiger partial charge on any atom is 0.310 e. The van der Waals surface area contributed by atoms with Crippen LogP contribution in [0.25, 0.3) is 0 Å². The van der Waals surface area contributed by atoms with Crippen LogP contribution in [0.5, 0.6) is 0 Å². The Bertz CT molecular complexity index is 515. The Hall–Kier alpha value is -1.43. The second-order valence-electron chi connectivity index (χ2n) is 4.64. The summed E-state index contributed by atoms with van der Waals surface area (Å²) in [6.45, 7) is 3.50. The minimum atomic E-state index is -1.06. The molecule has 0 aliphatic rings. The van der Waals surface area contributed by atoms with Gasteiger partial charge < -0.3 is 10.4 Å². The molecule has 0 saturated heterocycles. The molecule has 0 aromatic heterocycles. The molecule has 0 saturated carbocycles. The number of carboxylic acids is 1. The fourth-order valence-corrected chi connectivity index (χ4v) is 2.42. The van der Waals surface area contributed by atoms with Crippen molar-refractivity contribution in [2.24, 2.45) is 5.41 Å². The number of hydrogen-bond acceptors (Lipinski definition) is 2. The molecule has 0 fully saturated rings. The molecule has 2 N–H and O–H groups in total. The summed E-state index contributed by atoms with van der Waals surface area (Å²) >= 11 is 3.15. The molecule has 1 aromatic rings. The zero-order valence-corrected chi connectivity index (χ0v) is 13.0. The number of nitrogens with one attached hydrogen (secondary N) is 1. The molecule has 4 nitrogen and oxygen atoms in total. The van der Waals surface area contributed by atoms with Crippen molar-refractivity contribution in [3.8, 4) is 0 Å². The van der Waals surface area contributed by atoms with Crippen LogP contribution in [0.3, 0.4) is 0 Å². The number of carbonyl (C=O) groups excluding carboxylic acids is 1. The Morgan fingerprint density at radius 1 is 1.35 bits per heavy atom.